The highest BCUT2D eigenvalue weighted by Gasteiger charge is 2.29. The van der Waals surface area contributed by atoms with Gasteiger partial charge in [0.1, 0.15) is 5.82 Å². The molecule has 92 valence electrons. The highest BCUT2D eigenvalue weighted by Crippen LogP contribution is 2.36. The predicted octanol–water partition coefficient (Wildman–Crippen LogP) is 2.41. The molecular weight excluding hydrogens is 221 g/mol. The number of hydrogen-bond acceptors (Lipinski definition) is 2. The second kappa shape index (κ2) is 5.27. The molecule has 0 radical (unpaired) electrons. The second-order valence-electron chi connectivity index (χ2n) is 4.35. The van der Waals surface area contributed by atoms with E-state index in [9.17, 15) is 9.18 Å². The first-order chi connectivity index (χ1) is 8.22. The number of hydrogen-bond donors (Lipinski definition) is 2. The standard InChI is InChI=1S/C13H16FNO2/c14-9-5-6-10-11(4-2-1-3-7-16)13(17)15-12(10)8-9/h5-6,8,11,16H,1-4,7H2,(H,15,17). The molecule has 3 nitrogen and oxygen atoms in total. The Hall–Kier alpha value is -1.42. The van der Waals surface area contributed by atoms with E-state index in [1.807, 2.05) is 0 Å². The molecule has 0 bridgehead atoms. The number of aliphatic hydroxyl groups excluding tert-OH is 1. The van der Waals surface area contributed by atoms with Crippen LogP contribution in [0.3, 0.4) is 0 Å². The number of anilines is 1. The van der Waals surface area contributed by atoms with Gasteiger partial charge >= 0.3 is 0 Å². The molecule has 17 heavy (non-hydrogen) atoms. The molecule has 0 fully saturated rings. The molecule has 0 saturated carbocycles. The van der Waals surface area contributed by atoms with Crippen molar-refractivity contribution in [1.82, 2.24) is 0 Å². The third-order valence-corrected chi connectivity index (χ3v) is 3.12. The van der Waals surface area contributed by atoms with Crippen LogP contribution >= 0.6 is 0 Å². The Kier molecular flexibility index (Phi) is 3.74. The maximum Gasteiger partial charge on any atom is 0.232 e. The Morgan fingerprint density at radius 2 is 2.12 bits per heavy atom. The van der Waals surface area contributed by atoms with Gasteiger partial charge in [0, 0.05) is 12.3 Å². The number of carbonyl (C=O) groups excluding carboxylic acids is 1. The first kappa shape index (κ1) is 12.0. The monoisotopic (exact) mass is 237 g/mol. The number of nitrogens with one attached hydrogen (secondary N) is 1. The molecule has 0 aromatic heterocycles. The maximum atomic E-state index is 13.0. The molecule has 1 aromatic carbocycles. The third kappa shape index (κ3) is 2.64. The van der Waals surface area contributed by atoms with Gasteiger partial charge in [-0.25, -0.2) is 4.39 Å². The van der Waals surface area contributed by atoms with Crippen LogP contribution in [0.4, 0.5) is 10.1 Å². The number of benzene rings is 1. The van der Waals surface area contributed by atoms with Crippen molar-refractivity contribution in [1.29, 1.82) is 0 Å². The smallest absolute Gasteiger partial charge is 0.232 e. The number of amides is 1. The van der Waals surface area contributed by atoms with Gasteiger partial charge in [-0.2, -0.15) is 0 Å². The number of rotatable bonds is 5. The summed E-state index contributed by atoms with van der Waals surface area (Å²) in [5.41, 5.74) is 1.49. The molecule has 4 heteroatoms. The van der Waals surface area contributed by atoms with Crippen LogP contribution in [0.2, 0.25) is 0 Å². The lowest BCUT2D eigenvalue weighted by Crippen LogP contribution is -2.11. The number of halogens is 1. The van der Waals surface area contributed by atoms with Crippen molar-refractivity contribution in [3.63, 3.8) is 0 Å². The molecule has 0 saturated heterocycles. The van der Waals surface area contributed by atoms with Gasteiger partial charge in [-0.05, 0) is 30.5 Å². The van der Waals surface area contributed by atoms with E-state index in [1.165, 1.54) is 12.1 Å². The van der Waals surface area contributed by atoms with Crippen LogP contribution in [0, 0.1) is 5.82 Å². The quantitative estimate of drug-likeness (QED) is 0.773. The molecule has 1 aliphatic rings. The van der Waals surface area contributed by atoms with Gasteiger partial charge in [-0.15, -0.1) is 0 Å². The summed E-state index contributed by atoms with van der Waals surface area (Å²) in [5.74, 6) is -0.538. The summed E-state index contributed by atoms with van der Waals surface area (Å²) in [4.78, 5) is 11.7. The summed E-state index contributed by atoms with van der Waals surface area (Å²) in [6.07, 6.45) is 3.33. The van der Waals surface area contributed by atoms with Crippen LogP contribution in [-0.4, -0.2) is 17.6 Å². The van der Waals surface area contributed by atoms with Crippen molar-refractivity contribution < 1.29 is 14.3 Å². The second-order valence-corrected chi connectivity index (χ2v) is 4.35. The maximum absolute atomic E-state index is 13.0. The van der Waals surface area contributed by atoms with Gasteiger partial charge in [0.25, 0.3) is 0 Å². The minimum atomic E-state index is -0.329. The Labute approximate surface area is 99.7 Å². The summed E-state index contributed by atoms with van der Waals surface area (Å²) >= 11 is 0. The minimum absolute atomic E-state index is 0.0467. The highest BCUT2D eigenvalue weighted by molar-refractivity contribution is 6.02. The summed E-state index contributed by atoms with van der Waals surface area (Å²) in [7, 11) is 0. The Bertz CT molecular complexity index is 420. The van der Waals surface area contributed by atoms with Crippen molar-refractivity contribution in [3.8, 4) is 0 Å². The summed E-state index contributed by atoms with van der Waals surface area (Å²) < 4.78 is 13.0. The Balaban J connectivity index is 2.02. The molecule has 2 rings (SSSR count). The van der Waals surface area contributed by atoms with E-state index >= 15 is 0 Å². The average Bonchev–Trinajstić information content (AvgIpc) is 2.60. The topological polar surface area (TPSA) is 49.3 Å². The third-order valence-electron chi connectivity index (χ3n) is 3.12. The normalized spacial score (nSPS) is 18.0. The van der Waals surface area contributed by atoms with Crippen LogP contribution in [0.1, 0.15) is 37.2 Å². The summed E-state index contributed by atoms with van der Waals surface area (Å²) in [5, 5.41) is 11.4. The van der Waals surface area contributed by atoms with Gasteiger partial charge in [-0.1, -0.05) is 18.9 Å². The van der Waals surface area contributed by atoms with Crippen LogP contribution in [-0.2, 0) is 4.79 Å². The van der Waals surface area contributed by atoms with E-state index in [4.69, 9.17) is 5.11 Å². The number of unbranched alkanes of at least 4 members (excludes halogenated alkanes) is 2. The van der Waals surface area contributed by atoms with E-state index in [1.54, 1.807) is 6.07 Å². The van der Waals surface area contributed by atoms with Crippen molar-refractivity contribution in [2.24, 2.45) is 0 Å². The zero-order chi connectivity index (χ0) is 12.3. The molecule has 1 aromatic rings. The molecule has 1 aliphatic heterocycles. The van der Waals surface area contributed by atoms with Crippen molar-refractivity contribution in [2.45, 2.75) is 31.6 Å². The number of carbonyl (C=O) groups is 1. The fraction of sp³-hybridized carbons (Fsp3) is 0.462. The predicted molar refractivity (Wildman–Crippen MR) is 63.3 cm³/mol. The van der Waals surface area contributed by atoms with E-state index in [0.717, 1.165) is 31.2 Å². The lowest BCUT2D eigenvalue weighted by atomic mass is 9.94. The van der Waals surface area contributed by atoms with Gasteiger partial charge in [0.2, 0.25) is 5.91 Å². The Morgan fingerprint density at radius 1 is 1.29 bits per heavy atom. The lowest BCUT2D eigenvalue weighted by molar-refractivity contribution is -0.117. The van der Waals surface area contributed by atoms with Crippen LogP contribution in [0.15, 0.2) is 18.2 Å². The highest BCUT2D eigenvalue weighted by atomic mass is 19.1. The molecule has 1 atom stereocenters. The number of fused-ring (bicyclic) bond motifs is 1. The van der Waals surface area contributed by atoms with Gasteiger partial charge in [0.05, 0.1) is 5.92 Å². The summed E-state index contributed by atoms with van der Waals surface area (Å²) in [6, 6.07) is 4.43. The largest absolute Gasteiger partial charge is 0.396 e. The molecule has 1 amide bonds. The van der Waals surface area contributed by atoms with Gasteiger partial charge in [-0.3, -0.25) is 4.79 Å². The fourth-order valence-corrected chi connectivity index (χ4v) is 2.23. The number of aliphatic hydroxyl groups is 1. The van der Waals surface area contributed by atoms with Crippen molar-refractivity contribution in [3.05, 3.63) is 29.6 Å². The van der Waals surface area contributed by atoms with Crippen LogP contribution in [0.5, 0.6) is 0 Å². The van der Waals surface area contributed by atoms with Crippen molar-refractivity contribution in [2.75, 3.05) is 11.9 Å². The summed E-state index contributed by atoms with van der Waals surface area (Å²) in [6.45, 7) is 0.193. The zero-order valence-electron chi connectivity index (χ0n) is 9.58. The van der Waals surface area contributed by atoms with Crippen LogP contribution < -0.4 is 5.32 Å². The lowest BCUT2D eigenvalue weighted by Gasteiger charge is -2.07. The molecule has 0 aliphatic carbocycles. The van der Waals surface area contributed by atoms with E-state index in [2.05, 4.69) is 5.32 Å². The molecule has 1 heterocycles. The molecular formula is C13H16FNO2. The Morgan fingerprint density at radius 3 is 2.88 bits per heavy atom. The SMILES string of the molecule is O=C1Nc2cc(F)ccc2C1CCCCCO. The van der Waals surface area contributed by atoms with E-state index < -0.39 is 0 Å². The first-order valence-electron chi connectivity index (χ1n) is 5.93. The molecule has 1 unspecified atom stereocenters. The average molecular weight is 237 g/mol. The van der Waals surface area contributed by atoms with Crippen molar-refractivity contribution >= 4 is 11.6 Å². The minimum Gasteiger partial charge on any atom is -0.396 e. The van der Waals surface area contributed by atoms with Gasteiger partial charge < -0.3 is 10.4 Å². The van der Waals surface area contributed by atoms with E-state index in [0.29, 0.717) is 5.69 Å². The van der Waals surface area contributed by atoms with Crippen LogP contribution in [0.25, 0.3) is 0 Å². The van der Waals surface area contributed by atoms with Gasteiger partial charge in [0.15, 0.2) is 0 Å². The fourth-order valence-electron chi connectivity index (χ4n) is 2.23. The van der Waals surface area contributed by atoms with E-state index in [-0.39, 0.29) is 24.2 Å². The first-order valence-corrected chi connectivity index (χ1v) is 5.93. The molecule has 0 spiro atoms. The molecule has 2 N–H and O–H groups in total. The zero-order valence-corrected chi connectivity index (χ0v) is 9.58.